The summed E-state index contributed by atoms with van der Waals surface area (Å²) in [6.45, 7) is 1.52. The number of methoxy groups -OCH3 is 1. The van der Waals surface area contributed by atoms with Crippen molar-refractivity contribution in [2.75, 3.05) is 19.0 Å². The van der Waals surface area contributed by atoms with Gasteiger partial charge in [0.2, 0.25) is 5.91 Å². The first kappa shape index (κ1) is 19.5. The third-order valence-electron chi connectivity index (χ3n) is 4.56. The van der Waals surface area contributed by atoms with Crippen molar-refractivity contribution in [2.45, 2.75) is 18.9 Å². The summed E-state index contributed by atoms with van der Waals surface area (Å²) >= 11 is 0. The Bertz CT molecular complexity index is 913. The number of carbonyl (C=O) groups excluding carboxylic acids is 2. The molecule has 6 nitrogen and oxygen atoms in total. The lowest BCUT2D eigenvalue weighted by molar-refractivity contribution is -0.120. The van der Waals surface area contributed by atoms with Crippen molar-refractivity contribution >= 4 is 17.6 Å². The normalized spacial score (nSPS) is 18.5. The number of hydrogen-bond donors (Lipinski definition) is 3. The molecule has 1 saturated heterocycles. The van der Waals surface area contributed by atoms with Crippen LogP contribution in [0.1, 0.15) is 17.0 Å². The summed E-state index contributed by atoms with van der Waals surface area (Å²) in [6.07, 6.45) is 0. The van der Waals surface area contributed by atoms with Gasteiger partial charge in [-0.1, -0.05) is 6.07 Å². The predicted molar refractivity (Wildman–Crippen MR) is 95.7 cm³/mol. The number of rotatable bonds is 4. The summed E-state index contributed by atoms with van der Waals surface area (Å²) in [4.78, 5) is 24.3. The van der Waals surface area contributed by atoms with E-state index < -0.39 is 41.3 Å². The smallest absolute Gasteiger partial charge is 0.319 e. The van der Waals surface area contributed by atoms with Gasteiger partial charge >= 0.3 is 6.03 Å². The van der Waals surface area contributed by atoms with Crippen LogP contribution < -0.4 is 20.7 Å². The average Bonchev–Trinajstić information content (AvgIpc) is 2.98. The maximum absolute atomic E-state index is 14.4. The highest BCUT2D eigenvalue weighted by molar-refractivity contribution is 5.95. The maximum atomic E-state index is 14.4. The highest BCUT2D eigenvalue weighted by Crippen LogP contribution is 2.31. The zero-order valence-electron chi connectivity index (χ0n) is 15.1. The first-order chi connectivity index (χ1) is 13.3. The highest BCUT2D eigenvalue weighted by atomic mass is 19.1. The fraction of sp³-hybridized carbons (Fsp3) is 0.263. The lowest BCUT2D eigenvalue weighted by Gasteiger charge is -2.20. The molecule has 3 rings (SSSR count). The van der Waals surface area contributed by atoms with Crippen molar-refractivity contribution in [3.63, 3.8) is 0 Å². The summed E-state index contributed by atoms with van der Waals surface area (Å²) in [6, 6.07) is 4.12. The third-order valence-corrected chi connectivity index (χ3v) is 4.56. The predicted octanol–water partition coefficient (Wildman–Crippen LogP) is 2.82. The second-order valence-corrected chi connectivity index (χ2v) is 6.40. The minimum atomic E-state index is -1.20. The molecule has 1 aliphatic rings. The second kappa shape index (κ2) is 7.79. The molecule has 0 aliphatic carbocycles. The van der Waals surface area contributed by atoms with Crippen LogP contribution in [0.25, 0.3) is 0 Å². The van der Waals surface area contributed by atoms with Gasteiger partial charge in [0.25, 0.3) is 0 Å². The van der Waals surface area contributed by atoms with Gasteiger partial charge in [0, 0.05) is 35.8 Å². The van der Waals surface area contributed by atoms with E-state index in [1.807, 2.05) is 0 Å². The van der Waals surface area contributed by atoms with E-state index in [9.17, 15) is 22.8 Å². The van der Waals surface area contributed by atoms with Crippen LogP contribution in [-0.4, -0.2) is 31.6 Å². The molecule has 3 amide bonds. The van der Waals surface area contributed by atoms with Crippen LogP contribution in [0.2, 0.25) is 0 Å². The van der Waals surface area contributed by atoms with E-state index in [1.165, 1.54) is 19.2 Å². The van der Waals surface area contributed by atoms with Crippen molar-refractivity contribution in [3.05, 3.63) is 58.9 Å². The fourth-order valence-corrected chi connectivity index (χ4v) is 3.07. The molecule has 1 aliphatic heterocycles. The summed E-state index contributed by atoms with van der Waals surface area (Å²) in [5.74, 6) is -3.81. The number of ether oxygens (including phenoxy) is 1. The molecule has 148 valence electrons. The molecule has 1 heterocycles. The number of halogens is 3. The van der Waals surface area contributed by atoms with Gasteiger partial charge in [-0.2, -0.15) is 0 Å². The van der Waals surface area contributed by atoms with Gasteiger partial charge in [0.1, 0.15) is 29.2 Å². The van der Waals surface area contributed by atoms with Gasteiger partial charge in [-0.3, -0.25) is 4.79 Å². The summed E-state index contributed by atoms with van der Waals surface area (Å²) in [7, 11) is 1.27. The van der Waals surface area contributed by atoms with E-state index in [2.05, 4.69) is 16.0 Å². The molecule has 28 heavy (non-hydrogen) atoms. The lowest BCUT2D eigenvalue weighted by atomic mass is 9.93. The van der Waals surface area contributed by atoms with E-state index in [0.717, 1.165) is 18.2 Å². The molecule has 9 heteroatoms. The number of anilines is 1. The molecule has 0 bridgehead atoms. The molecule has 2 aromatic carbocycles. The molecule has 1 fully saturated rings. The number of carbonyl (C=O) groups is 2. The standard InChI is InChI=1S/C19H18F3N3O3/c1-9-3-4-10(5-13(9)20)24-19(27)25-17-12(8-23-18(17)26)16-14(21)6-11(28-2)7-15(16)22/h3-7,12,17H,8H2,1-2H3,(H,23,26)(H2,24,25,27). The van der Waals surface area contributed by atoms with Crippen LogP contribution in [-0.2, 0) is 4.79 Å². The first-order valence-electron chi connectivity index (χ1n) is 8.44. The van der Waals surface area contributed by atoms with Gasteiger partial charge in [-0.25, -0.2) is 18.0 Å². The van der Waals surface area contributed by atoms with E-state index in [-0.39, 0.29) is 23.5 Å². The Labute approximate surface area is 159 Å². The van der Waals surface area contributed by atoms with Crippen molar-refractivity contribution in [2.24, 2.45) is 0 Å². The quantitative estimate of drug-likeness (QED) is 0.748. The van der Waals surface area contributed by atoms with Crippen molar-refractivity contribution in [3.8, 4) is 5.75 Å². The molecule has 0 aromatic heterocycles. The average molecular weight is 393 g/mol. The number of hydrogen-bond acceptors (Lipinski definition) is 3. The maximum Gasteiger partial charge on any atom is 0.319 e. The number of amides is 3. The molecular weight excluding hydrogens is 375 g/mol. The van der Waals surface area contributed by atoms with Crippen LogP contribution in [0, 0.1) is 24.4 Å². The molecule has 0 spiro atoms. The topological polar surface area (TPSA) is 79.5 Å². The Balaban J connectivity index is 1.79. The van der Waals surface area contributed by atoms with Crippen LogP contribution in [0.3, 0.4) is 0 Å². The van der Waals surface area contributed by atoms with Crippen molar-refractivity contribution in [1.29, 1.82) is 0 Å². The van der Waals surface area contributed by atoms with E-state index in [0.29, 0.717) is 5.56 Å². The van der Waals surface area contributed by atoms with Crippen LogP contribution in [0.4, 0.5) is 23.7 Å². The molecule has 3 N–H and O–H groups in total. The molecule has 2 atom stereocenters. The van der Waals surface area contributed by atoms with E-state index in [4.69, 9.17) is 4.74 Å². The van der Waals surface area contributed by atoms with Crippen LogP contribution in [0.15, 0.2) is 30.3 Å². The second-order valence-electron chi connectivity index (χ2n) is 6.40. The number of urea groups is 1. The Morgan fingerprint density at radius 1 is 1.14 bits per heavy atom. The van der Waals surface area contributed by atoms with Gasteiger partial charge < -0.3 is 20.7 Å². The van der Waals surface area contributed by atoms with Gasteiger partial charge in [0.15, 0.2) is 0 Å². The molecular formula is C19H18F3N3O3. The monoisotopic (exact) mass is 393 g/mol. The highest BCUT2D eigenvalue weighted by Gasteiger charge is 2.40. The summed E-state index contributed by atoms with van der Waals surface area (Å²) in [5, 5.41) is 7.27. The molecule has 0 saturated carbocycles. The largest absolute Gasteiger partial charge is 0.497 e. The molecule has 2 unspecified atom stereocenters. The van der Waals surface area contributed by atoms with Gasteiger partial charge in [0.05, 0.1) is 7.11 Å². The van der Waals surface area contributed by atoms with Crippen molar-refractivity contribution in [1.82, 2.24) is 10.6 Å². The minimum absolute atomic E-state index is 0.000294. The van der Waals surface area contributed by atoms with E-state index in [1.54, 1.807) is 6.92 Å². The Hall–Kier alpha value is -3.23. The summed E-state index contributed by atoms with van der Waals surface area (Å²) in [5.41, 5.74) is 0.259. The Morgan fingerprint density at radius 3 is 2.43 bits per heavy atom. The Kier molecular flexibility index (Phi) is 5.43. The number of nitrogens with one attached hydrogen (secondary N) is 3. The molecule has 0 radical (unpaired) electrons. The van der Waals surface area contributed by atoms with Gasteiger partial charge in [-0.05, 0) is 24.6 Å². The summed E-state index contributed by atoms with van der Waals surface area (Å²) < 4.78 is 47.2. The van der Waals surface area contributed by atoms with Crippen LogP contribution in [0.5, 0.6) is 5.75 Å². The zero-order valence-corrected chi connectivity index (χ0v) is 15.1. The zero-order chi connectivity index (χ0) is 20.4. The number of benzene rings is 2. The van der Waals surface area contributed by atoms with Crippen LogP contribution >= 0.6 is 0 Å². The Morgan fingerprint density at radius 2 is 1.82 bits per heavy atom. The fourth-order valence-electron chi connectivity index (χ4n) is 3.07. The lowest BCUT2D eigenvalue weighted by Crippen LogP contribution is -2.45. The van der Waals surface area contributed by atoms with E-state index >= 15 is 0 Å². The minimum Gasteiger partial charge on any atom is -0.497 e. The first-order valence-corrected chi connectivity index (χ1v) is 8.44. The third kappa shape index (κ3) is 3.88. The van der Waals surface area contributed by atoms with Crippen molar-refractivity contribution < 1.29 is 27.5 Å². The molecule has 2 aromatic rings. The number of aryl methyl sites for hydroxylation is 1. The van der Waals surface area contributed by atoms with Gasteiger partial charge in [-0.15, -0.1) is 0 Å². The SMILES string of the molecule is COc1cc(F)c(C2CNC(=O)C2NC(=O)Nc2ccc(C)c(F)c2)c(F)c1.